The van der Waals surface area contributed by atoms with Crippen molar-refractivity contribution in [2.45, 2.75) is 25.9 Å². The second-order valence-corrected chi connectivity index (χ2v) is 6.99. The molecule has 5 nitrogen and oxygen atoms in total. The highest BCUT2D eigenvalue weighted by Crippen LogP contribution is 2.13. The average molecular weight is 330 g/mol. The number of piperazine rings is 2. The summed E-state index contributed by atoms with van der Waals surface area (Å²) in [6.45, 7) is 11.0. The van der Waals surface area contributed by atoms with Crippen LogP contribution in [0.15, 0.2) is 30.3 Å². The standard InChI is InChI=1S/C19H30N4O/c1-17-15-21(16-18-5-3-2-4-6-18)13-14-22(17)10-7-19(24)23-11-8-20-9-12-23/h2-6,17,20H,7-16H2,1H3. The molecule has 0 saturated carbocycles. The van der Waals surface area contributed by atoms with Crippen molar-refractivity contribution < 1.29 is 4.79 Å². The predicted octanol–water partition coefficient (Wildman–Crippen LogP) is 1.01. The van der Waals surface area contributed by atoms with Gasteiger partial charge in [0.25, 0.3) is 0 Å². The maximum atomic E-state index is 12.3. The van der Waals surface area contributed by atoms with Crippen molar-refractivity contribution in [1.82, 2.24) is 20.0 Å². The second-order valence-electron chi connectivity index (χ2n) is 6.99. The van der Waals surface area contributed by atoms with Crippen LogP contribution in [0.1, 0.15) is 18.9 Å². The molecule has 3 rings (SSSR count). The summed E-state index contributed by atoms with van der Waals surface area (Å²) in [5.41, 5.74) is 1.38. The van der Waals surface area contributed by atoms with Gasteiger partial charge in [0.05, 0.1) is 0 Å². The first-order valence-corrected chi connectivity index (χ1v) is 9.21. The topological polar surface area (TPSA) is 38.8 Å². The summed E-state index contributed by atoms with van der Waals surface area (Å²) in [7, 11) is 0. The molecule has 1 aromatic rings. The summed E-state index contributed by atoms with van der Waals surface area (Å²) in [5.74, 6) is 0.315. The normalized spacial score (nSPS) is 23.4. The Bertz CT molecular complexity index is 515. The van der Waals surface area contributed by atoms with Gasteiger partial charge in [-0.25, -0.2) is 0 Å². The lowest BCUT2D eigenvalue weighted by atomic mass is 10.1. The molecule has 24 heavy (non-hydrogen) atoms. The zero-order chi connectivity index (χ0) is 16.8. The van der Waals surface area contributed by atoms with Gasteiger partial charge in [0.15, 0.2) is 0 Å². The molecule has 0 spiro atoms. The third-order valence-corrected chi connectivity index (χ3v) is 5.18. The maximum Gasteiger partial charge on any atom is 0.223 e. The molecule has 0 bridgehead atoms. The Labute approximate surface area is 145 Å². The minimum Gasteiger partial charge on any atom is -0.340 e. The molecule has 0 aromatic heterocycles. The van der Waals surface area contributed by atoms with Gasteiger partial charge in [0.2, 0.25) is 5.91 Å². The van der Waals surface area contributed by atoms with E-state index in [9.17, 15) is 4.79 Å². The quantitative estimate of drug-likeness (QED) is 0.875. The Morgan fingerprint density at radius 1 is 1.12 bits per heavy atom. The average Bonchev–Trinajstić information content (AvgIpc) is 2.62. The van der Waals surface area contributed by atoms with Crippen LogP contribution in [0.2, 0.25) is 0 Å². The molecule has 1 amide bonds. The van der Waals surface area contributed by atoms with Gasteiger partial charge >= 0.3 is 0 Å². The third kappa shape index (κ3) is 4.79. The number of hydrogen-bond donors (Lipinski definition) is 1. The highest BCUT2D eigenvalue weighted by Gasteiger charge is 2.25. The van der Waals surface area contributed by atoms with E-state index in [1.165, 1.54) is 5.56 Å². The highest BCUT2D eigenvalue weighted by molar-refractivity contribution is 5.76. The smallest absolute Gasteiger partial charge is 0.223 e. The molecular weight excluding hydrogens is 300 g/mol. The molecule has 2 saturated heterocycles. The van der Waals surface area contributed by atoms with Crippen LogP contribution in [-0.4, -0.2) is 79.0 Å². The molecule has 5 heteroatoms. The van der Waals surface area contributed by atoms with Gasteiger partial charge in [-0.05, 0) is 12.5 Å². The molecule has 2 aliphatic rings. The fourth-order valence-corrected chi connectivity index (χ4v) is 3.70. The van der Waals surface area contributed by atoms with Crippen molar-refractivity contribution in [3.8, 4) is 0 Å². The third-order valence-electron chi connectivity index (χ3n) is 5.18. The zero-order valence-electron chi connectivity index (χ0n) is 14.8. The number of carbonyl (C=O) groups is 1. The molecule has 2 fully saturated rings. The fraction of sp³-hybridized carbons (Fsp3) is 0.632. The van der Waals surface area contributed by atoms with Crippen LogP contribution in [0.5, 0.6) is 0 Å². The summed E-state index contributed by atoms with van der Waals surface area (Å²) in [6.07, 6.45) is 0.656. The van der Waals surface area contributed by atoms with Gasteiger partial charge in [-0.1, -0.05) is 30.3 Å². The van der Waals surface area contributed by atoms with Crippen LogP contribution in [0.25, 0.3) is 0 Å². The fourth-order valence-electron chi connectivity index (χ4n) is 3.70. The Hall–Kier alpha value is -1.43. The Balaban J connectivity index is 1.41. The largest absolute Gasteiger partial charge is 0.340 e. The number of benzene rings is 1. The molecule has 1 N–H and O–H groups in total. The lowest BCUT2D eigenvalue weighted by Crippen LogP contribution is -2.52. The van der Waals surface area contributed by atoms with E-state index in [1.54, 1.807) is 0 Å². The second kappa shape index (κ2) is 8.60. The minimum atomic E-state index is 0.315. The molecule has 1 atom stereocenters. The van der Waals surface area contributed by atoms with Crippen LogP contribution in [0, 0.1) is 0 Å². The molecule has 0 radical (unpaired) electrons. The van der Waals surface area contributed by atoms with Crippen molar-refractivity contribution in [2.75, 3.05) is 52.4 Å². The van der Waals surface area contributed by atoms with E-state index >= 15 is 0 Å². The summed E-state index contributed by atoms with van der Waals surface area (Å²) in [4.78, 5) is 19.3. The first-order chi connectivity index (χ1) is 11.7. The summed E-state index contributed by atoms with van der Waals surface area (Å²) >= 11 is 0. The van der Waals surface area contributed by atoms with Gasteiger partial charge in [0.1, 0.15) is 0 Å². The molecule has 1 unspecified atom stereocenters. The van der Waals surface area contributed by atoms with Crippen molar-refractivity contribution in [3.05, 3.63) is 35.9 Å². The number of nitrogens with one attached hydrogen (secondary N) is 1. The van der Waals surface area contributed by atoms with E-state index in [0.717, 1.165) is 58.9 Å². The van der Waals surface area contributed by atoms with Gasteiger partial charge in [-0.2, -0.15) is 0 Å². The van der Waals surface area contributed by atoms with Gasteiger partial charge in [-0.15, -0.1) is 0 Å². The SMILES string of the molecule is CC1CN(Cc2ccccc2)CCN1CCC(=O)N1CCNCC1. The van der Waals surface area contributed by atoms with Crippen molar-refractivity contribution in [1.29, 1.82) is 0 Å². The Morgan fingerprint density at radius 3 is 2.58 bits per heavy atom. The highest BCUT2D eigenvalue weighted by atomic mass is 16.2. The van der Waals surface area contributed by atoms with E-state index in [2.05, 4.69) is 52.4 Å². The predicted molar refractivity (Wildman–Crippen MR) is 96.8 cm³/mol. The lowest BCUT2D eigenvalue weighted by molar-refractivity contribution is -0.132. The van der Waals surface area contributed by atoms with Gasteiger partial charge in [0, 0.05) is 71.4 Å². The Kier molecular flexibility index (Phi) is 6.24. The van der Waals surface area contributed by atoms with Gasteiger partial charge < -0.3 is 10.2 Å². The molecule has 0 aliphatic carbocycles. The van der Waals surface area contributed by atoms with E-state index in [4.69, 9.17) is 0 Å². The lowest BCUT2D eigenvalue weighted by Gasteiger charge is -2.40. The summed E-state index contributed by atoms with van der Waals surface area (Å²) in [6, 6.07) is 11.2. The summed E-state index contributed by atoms with van der Waals surface area (Å²) in [5, 5.41) is 3.30. The van der Waals surface area contributed by atoms with E-state index in [-0.39, 0.29) is 0 Å². The molecule has 2 aliphatic heterocycles. The van der Waals surface area contributed by atoms with Crippen LogP contribution in [-0.2, 0) is 11.3 Å². The first-order valence-electron chi connectivity index (χ1n) is 9.21. The molecule has 1 aromatic carbocycles. The monoisotopic (exact) mass is 330 g/mol. The number of amides is 1. The maximum absolute atomic E-state index is 12.3. The minimum absolute atomic E-state index is 0.315. The van der Waals surface area contributed by atoms with E-state index in [1.807, 2.05) is 4.90 Å². The van der Waals surface area contributed by atoms with E-state index in [0.29, 0.717) is 18.4 Å². The van der Waals surface area contributed by atoms with Crippen molar-refractivity contribution >= 4 is 5.91 Å². The van der Waals surface area contributed by atoms with Crippen molar-refractivity contribution in [2.24, 2.45) is 0 Å². The van der Waals surface area contributed by atoms with Crippen LogP contribution in [0.4, 0.5) is 0 Å². The molecule has 2 heterocycles. The Morgan fingerprint density at radius 2 is 1.88 bits per heavy atom. The molecular formula is C19H30N4O. The van der Waals surface area contributed by atoms with Crippen molar-refractivity contribution in [3.63, 3.8) is 0 Å². The number of carbonyl (C=O) groups excluding carboxylic acids is 1. The van der Waals surface area contributed by atoms with Gasteiger partial charge in [-0.3, -0.25) is 14.6 Å². The zero-order valence-corrected chi connectivity index (χ0v) is 14.8. The first kappa shape index (κ1) is 17.4. The summed E-state index contributed by atoms with van der Waals surface area (Å²) < 4.78 is 0. The van der Waals surface area contributed by atoms with Crippen LogP contribution < -0.4 is 5.32 Å². The number of hydrogen-bond acceptors (Lipinski definition) is 4. The molecule has 132 valence electrons. The number of rotatable bonds is 5. The van der Waals surface area contributed by atoms with Crippen LogP contribution >= 0.6 is 0 Å². The van der Waals surface area contributed by atoms with Crippen LogP contribution in [0.3, 0.4) is 0 Å². The number of nitrogens with zero attached hydrogens (tertiary/aromatic N) is 3. The van der Waals surface area contributed by atoms with E-state index < -0.39 is 0 Å².